The van der Waals surface area contributed by atoms with Crippen molar-refractivity contribution < 1.29 is 9.84 Å². The van der Waals surface area contributed by atoms with E-state index in [4.69, 9.17) is 9.84 Å². The number of hydrogen-bond acceptors (Lipinski definition) is 6. The van der Waals surface area contributed by atoms with Gasteiger partial charge in [0.2, 0.25) is 0 Å². The van der Waals surface area contributed by atoms with Crippen molar-refractivity contribution in [3.8, 4) is 0 Å². The zero-order valence-electron chi connectivity index (χ0n) is 13.0. The van der Waals surface area contributed by atoms with Crippen molar-refractivity contribution in [1.29, 1.82) is 0 Å². The van der Waals surface area contributed by atoms with Crippen molar-refractivity contribution in [2.24, 2.45) is 0 Å². The number of nitrogens with one attached hydrogen (secondary N) is 2. The van der Waals surface area contributed by atoms with Crippen LogP contribution in [0.15, 0.2) is 0 Å². The molecule has 1 aromatic rings. The molecule has 114 valence electrons. The summed E-state index contributed by atoms with van der Waals surface area (Å²) in [6.45, 7) is 6.74. The van der Waals surface area contributed by atoms with Crippen molar-refractivity contribution in [2.45, 2.75) is 39.2 Å². The lowest BCUT2D eigenvalue weighted by Crippen LogP contribution is -2.27. The first-order valence-electron chi connectivity index (χ1n) is 6.96. The SMILES string of the molecule is CNc1nc(C(C)C)nc(NC(CCO)COC)c1C. The number of rotatable bonds is 8. The van der Waals surface area contributed by atoms with Crippen molar-refractivity contribution in [3.05, 3.63) is 11.4 Å². The summed E-state index contributed by atoms with van der Waals surface area (Å²) in [4.78, 5) is 9.09. The van der Waals surface area contributed by atoms with Gasteiger partial charge in [-0.3, -0.25) is 0 Å². The quantitative estimate of drug-likeness (QED) is 0.674. The van der Waals surface area contributed by atoms with Gasteiger partial charge in [-0.05, 0) is 13.3 Å². The second kappa shape index (κ2) is 8.01. The molecule has 0 aliphatic heterocycles. The molecule has 0 radical (unpaired) electrons. The molecule has 0 saturated carbocycles. The van der Waals surface area contributed by atoms with Crippen molar-refractivity contribution >= 4 is 11.6 Å². The third-order valence-electron chi connectivity index (χ3n) is 3.10. The Morgan fingerprint density at radius 1 is 1.25 bits per heavy atom. The lowest BCUT2D eigenvalue weighted by atomic mass is 10.1. The summed E-state index contributed by atoms with van der Waals surface area (Å²) in [5.41, 5.74) is 0.968. The summed E-state index contributed by atoms with van der Waals surface area (Å²) in [7, 11) is 3.50. The fourth-order valence-electron chi connectivity index (χ4n) is 1.92. The predicted octanol–water partition coefficient (Wildman–Crippen LogP) is 1.76. The second-order valence-electron chi connectivity index (χ2n) is 5.12. The molecule has 6 heteroatoms. The molecule has 20 heavy (non-hydrogen) atoms. The summed E-state index contributed by atoms with van der Waals surface area (Å²) in [5.74, 6) is 2.67. The highest BCUT2D eigenvalue weighted by atomic mass is 16.5. The lowest BCUT2D eigenvalue weighted by molar-refractivity contribution is 0.170. The number of anilines is 2. The van der Waals surface area contributed by atoms with E-state index >= 15 is 0 Å². The number of aliphatic hydroxyl groups excluding tert-OH is 1. The first-order valence-corrected chi connectivity index (χ1v) is 6.96. The van der Waals surface area contributed by atoms with Gasteiger partial charge in [-0.25, -0.2) is 9.97 Å². The zero-order chi connectivity index (χ0) is 15.1. The van der Waals surface area contributed by atoms with E-state index in [1.54, 1.807) is 7.11 Å². The Bertz CT molecular complexity index is 418. The largest absolute Gasteiger partial charge is 0.396 e. The number of aromatic nitrogens is 2. The molecule has 0 bridgehead atoms. The van der Waals surface area contributed by atoms with E-state index in [0.717, 1.165) is 23.0 Å². The fourth-order valence-corrected chi connectivity index (χ4v) is 1.92. The van der Waals surface area contributed by atoms with Crippen molar-refractivity contribution in [2.75, 3.05) is 38.0 Å². The number of aliphatic hydroxyl groups is 1. The van der Waals surface area contributed by atoms with Gasteiger partial charge >= 0.3 is 0 Å². The average Bonchev–Trinajstić information content (AvgIpc) is 2.41. The highest BCUT2D eigenvalue weighted by Crippen LogP contribution is 2.23. The number of hydrogen-bond donors (Lipinski definition) is 3. The van der Waals surface area contributed by atoms with E-state index in [0.29, 0.717) is 13.0 Å². The van der Waals surface area contributed by atoms with E-state index < -0.39 is 0 Å². The summed E-state index contributed by atoms with van der Waals surface area (Å²) in [5, 5.41) is 15.6. The van der Waals surface area contributed by atoms with E-state index in [1.807, 2.05) is 14.0 Å². The molecule has 0 spiro atoms. The smallest absolute Gasteiger partial charge is 0.135 e. The molecule has 6 nitrogen and oxygen atoms in total. The standard InChI is InChI=1S/C14H26N4O2/c1-9(2)12-17-13(15-4)10(3)14(18-12)16-11(6-7-19)8-20-5/h9,11,19H,6-8H2,1-5H3,(H2,15,16,17,18). The molecule has 0 saturated heterocycles. The maximum atomic E-state index is 9.11. The summed E-state index contributed by atoms with van der Waals surface area (Å²) < 4.78 is 5.17. The summed E-state index contributed by atoms with van der Waals surface area (Å²) in [6, 6.07) is 0.0309. The Kier molecular flexibility index (Phi) is 6.67. The van der Waals surface area contributed by atoms with Crippen LogP contribution in [0.2, 0.25) is 0 Å². The number of methoxy groups -OCH3 is 1. The zero-order valence-corrected chi connectivity index (χ0v) is 13.0. The first kappa shape index (κ1) is 16.7. The van der Waals surface area contributed by atoms with Gasteiger partial charge in [0, 0.05) is 32.2 Å². The Balaban J connectivity index is 3.05. The lowest BCUT2D eigenvalue weighted by Gasteiger charge is -2.21. The van der Waals surface area contributed by atoms with Gasteiger partial charge in [0.25, 0.3) is 0 Å². The van der Waals surface area contributed by atoms with Crippen LogP contribution in [0.1, 0.15) is 37.6 Å². The highest BCUT2D eigenvalue weighted by molar-refractivity contribution is 5.57. The molecule has 0 aliphatic rings. The molecule has 1 rings (SSSR count). The molecular formula is C14H26N4O2. The summed E-state index contributed by atoms with van der Waals surface area (Å²) >= 11 is 0. The number of ether oxygens (including phenoxy) is 1. The van der Waals surface area contributed by atoms with Crippen LogP contribution in [0, 0.1) is 6.92 Å². The van der Waals surface area contributed by atoms with Crippen LogP contribution >= 0.6 is 0 Å². The molecule has 0 fully saturated rings. The Hall–Kier alpha value is -1.40. The third kappa shape index (κ3) is 4.31. The molecule has 3 N–H and O–H groups in total. The van der Waals surface area contributed by atoms with Crippen LogP contribution in [0.3, 0.4) is 0 Å². The molecule has 1 unspecified atom stereocenters. The molecule has 1 atom stereocenters. The van der Waals surface area contributed by atoms with E-state index in [1.165, 1.54) is 0 Å². The van der Waals surface area contributed by atoms with Crippen LogP contribution in [-0.4, -0.2) is 48.5 Å². The second-order valence-corrected chi connectivity index (χ2v) is 5.12. The van der Waals surface area contributed by atoms with Crippen LogP contribution < -0.4 is 10.6 Å². The fraction of sp³-hybridized carbons (Fsp3) is 0.714. The van der Waals surface area contributed by atoms with E-state index in [9.17, 15) is 0 Å². The molecule has 0 aromatic carbocycles. The van der Waals surface area contributed by atoms with Crippen LogP contribution in [-0.2, 0) is 4.74 Å². The molecular weight excluding hydrogens is 256 g/mol. The van der Waals surface area contributed by atoms with Gasteiger partial charge in [-0.2, -0.15) is 0 Å². The Morgan fingerprint density at radius 2 is 1.90 bits per heavy atom. The van der Waals surface area contributed by atoms with Crippen LogP contribution in [0.5, 0.6) is 0 Å². The summed E-state index contributed by atoms with van der Waals surface area (Å²) in [6.07, 6.45) is 0.614. The van der Waals surface area contributed by atoms with Crippen LogP contribution in [0.4, 0.5) is 11.6 Å². The van der Waals surface area contributed by atoms with Crippen molar-refractivity contribution in [1.82, 2.24) is 9.97 Å². The van der Waals surface area contributed by atoms with E-state index in [-0.39, 0.29) is 18.6 Å². The van der Waals surface area contributed by atoms with Crippen LogP contribution in [0.25, 0.3) is 0 Å². The minimum atomic E-state index is 0.0309. The maximum Gasteiger partial charge on any atom is 0.135 e. The van der Waals surface area contributed by atoms with Gasteiger partial charge in [0.1, 0.15) is 17.5 Å². The average molecular weight is 282 g/mol. The van der Waals surface area contributed by atoms with Gasteiger partial charge in [0.05, 0.1) is 12.6 Å². The van der Waals surface area contributed by atoms with Gasteiger partial charge < -0.3 is 20.5 Å². The first-order chi connectivity index (χ1) is 9.53. The van der Waals surface area contributed by atoms with Crippen molar-refractivity contribution in [3.63, 3.8) is 0 Å². The highest BCUT2D eigenvalue weighted by Gasteiger charge is 2.15. The Labute approximate surface area is 121 Å². The van der Waals surface area contributed by atoms with E-state index in [2.05, 4.69) is 34.4 Å². The monoisotopic (exact) mass is 282 g/mol. The minimum Gasteiger partial charge on any atom is -0.396 e. The predicted molar refractivity (Wildman–Crippen MR) is 81.4 cm³/mol. The normalized spacial score (nSPS) is 12.6. The molecule has 0 amide bonds. The topological polar surface area (TPSA) is 79.3 Å². The Morgan fingerprint density at radius 3 is 2.40 bits per heavy atom. The molecule has 1 heterocycles. The van der Waals surface area contributed by atoms with Gasteiger partial charge in [-0.1, -0.05) is 13.8 Å². The molecule has 0 aliphatic carbocycles. The molecule has 1 aromatic heterocycles. The number of nitrogens with zero attached hydrogens (tertiary/aromatic N) is 2. The van der Waals surface area contributed by atoms with Gasteiger partial charge in [0.15, 0.2) is 0 Å². The van der Waals surface area contributed by atoms with Gasteiger partial charge in [-0.15, -0.1) is 0 Å². The minimum absolute atomic E-state index is 0.0309. The third-order valence-corrected chi connectivity index (χ3v) is 3.10. The maximum absolute atomic E-state index is 9.11.